The van der Waals surface area contributed by atoms with E-state index in [1.54, 1.807) is 7.11 Å². The molecule has 1 N–H and O–H groups in total. The van der Waals surface area contributed by atoms with Crippen molar-refractivity contribution in [3.05, 3.63) is 17.5 Å². The van der Waals surface area contributed by atoms with Gasteiger partial charge < -0.3 is 14.8 Å². The molecule has 0 aliphatic rings. The normalized spacial score (nSPS) is 12.1. The van der Waals surface area contributed by atoms with Gasteiger partial charge in [0.15, 0.2) is 0 Å². The first-order valence-corrected chi connectivity index (χ1v) is 6.77. The van der Waals surface area contributed by atoms with E-state index in [9.17, 15) is 0 Å². The van der Waals surface area contributed by atoms with Gasteiger partial charge in [-0.15, -0.1) is 0 Å². The molecule has 0 fully saturated rings. The van der Waals surface area contributed by atoms with Crippen LogP contribution in [0.2, 0.25) is 0 Å². The molecule has 0 saturated heterocycles. The zero-order chi connectivity index (χ0) is 14.3. The van der Waals surface area contributed by atoms with E-state index in [4.69, 9.17) is 9.47 Å². The summed E-state index contributed by atoms with van der Waals surface area (Å²) in [6, 6.07) is 0. The predicted molar refractivity (Wildman–Crippen MR) is 76.3 cm³/mol. The maximum Gasteiger partial charge on any atom is 0.0701 e. The van der Waals surface area contributed by atoms with Gasteiger partial charge in [0.05, 0.1) is 32.6 Å². The van der Waals surface area contributed by atoms with Crippen LogP contribution in [0, 0.1) is 6.92 Å². The summed E-state index contributed by atoms with van der Waals surface area (Å²) in [5.74, 6) is 0. The van der Waals surface area contributed by atoms with Gasteiger partial charge in [-0.25, -0.2) is 0 Å². The first kappa shape index (κ1) is 16.1. The van der Waals surface area contributed by atoms with Crippen LogP contribution in [-0.4, -0.2) is 42.2 Å². The zero-order valence-corrected chi connectivity index (χ0v) is 12.8. The smallest absolute Gasteiger partial charge is 0.0701 e. The van der Waals surface area contributed by atoms with Gasteiger partial charge in [0.25, 0.3) is 0 Å². The van der Waals surface area contributed by atoms with Crippen molar-refractivity contribution >= 4 is 0 Å². The monoisotopic (exact) mass is 269 g/mol. The zero-order valence-electron chi connectivity index (χ0n) is 12.8. The van der Waals surface area contributed by atoms with E-state index in [1.165, 1.54) is 11.3 Å². The summed E-state index contributed by atoms with van der Waals surface area (Å²) in [6.07, 6.45) is 1.93. The summed E-state index contributed by atoms with van der Waals surface area (Å²) < 4.78 is 12.4. The highest BCUT2D eigenvalue weighted by Gasteiger charge is 2.11. The maximum atomic E-state index is 5.46. The van der Waals surface area contributed by atoms with Crippen LogP contribution in [-0.2, 0) is 22.6 Å². The van der Waals surface area contributed by atoms with Crippen molar-refractivity contribution in [3.63, 3.8) is 0 Å². The van der Waals surface area contributed by atoms with Gasteiger partial charge in [-0.05, 0) is 27.7 Å². The summed E-state index contributed by atoms with van der Waals surface area (Å²) in [5.41, 5.74) is 2.57. The van der Waals surface area contributed by atoms with E-state index in [0.29, 0.717) is 19.8 Å². The van der Waals surface area contributed by atoms with Crippen LogP contribution in [0.4, 0.5) is 0 Å². The quantitative estimate of drug-likeness (QED) is 0.730. The van der Waals surface area contributed by atoms with E-state index in [0.717, 1.165) is 13.1 Å². The molecule has 19 heavy (non-hydrogen) atoms. The third kappa shape index (κ3) is 6.18. The van der Waals surface area contributed by atoms with Crippen molar-refractivity contribution in [2.24, 2.45) is 0 Å². The summed E-state index contributed by atoms with van der Waals surface area (Å²) in [7, 11) is 1.68. The van der Waals surface area contributed by atoms with Gasteiger partial charge >= 0.3 is 0 Å². The van der Waals surface area contributed by atoms with E-state index >= 15 is 0 Å². The van der Waals surface area contributed by atoms with E-state index < -0.39 is 0 Å². The van der Waals surface area contributed by atoms with Crippen LogP contribution >= 0.6 is 0 Å². The minimum atomic E-state index is 0.123. The highest BCUT2D eigenvalue weighted by Crippen LogP contribution is 2.09. The molecule has 0 aliphatic carbocycles. The second-order valence-corrected chi connectivity index (χ2v) is 5.69. The van der Waals surface area contributed by atoms with Gasteiger partial charge in [0.1, 0.15) is 0 Å². The molecular formula is C14H27N3O2. The molecule has 1 rings (SSSR count). The Balaban J connectivity index is 2.38. The molecule has 0 amide bonds. The van der Waals surface area contributed by atoms with Gasteiger partial charge in [-0.2, -0.15) is 5.10 Å². The molecule has 0 saturated carbocycles. The van der Waals surface area contributed by atoms with Crippen molar-refractivity contribution in [1.82, 2.24) is 15.1 Å². The van der Waals surface area contributed by atoms with E-state index in [2.05, 4.69) is 38.1 Å². The number of aromatic nitrogens is 2. The van der Waals surface area contributed by atoms with Crippen LogP contribution in [0.15, 0.2) is 6.20 Å². The third-order valence-electron chi connectivity index (χ3n) is 2.89. The number of methoxy groups -OCH3 is 1. The largest absolute Gasteiger partial charge is 0.382 e. The molecule has 0 unspecified atom stereocenters. The lowest BCUT2D eigenvalue weighted by molar-refractivity contribution is 0.0652. The Morgan fingerprint density at radius 2 is 2.00 bits per heavy atom. The minimum absolute atomic E-state index is 0.123. The van der Waals surface area contributed by atoms with Gasteiger partial charge in [-0.1, -0.05) is 0 Å². The molecule has 0 atom stereocenters. The lowest BCUT2D eigenvalue weighted by Crippen LogP contribution is -2.35. The van der Waals surface area contributed by atoms with E-state index in [1.807, 2.05) is 10.9 Å². The molecule has 0 bridgehead atoms. The topological polar surface area (TPSA) is 48.3 Å². The van der Waals surface area contributed by atoms with Gasteiger partial charge in [0.2, 0.25) is 0 Å². The molecule has 0 aromatic carbocycles. The molecule has 5 nitrogen and oxygen atoms in total. The molecule has 0 spiro atoms. The second-order valence-electron chi connectivity index (χ2n) is 5.69. The van der Waals surface area contributed by atoms with Crippen LogP contribution < -0.4 is 5.32 Å². The molecule has 1 aromatic rings. The molecule has 1 aromatic heterocycles. The first-order valence-electron chi connectivity index (χ1n) is 6.77. The number of rotatable bonds is 8. The van der Waals surface area contributed by atoms with Crippen LogP contribution in [0.25, 0.3) is 0 Å². The summed E-state index contributed by atoms with van der Waals surface area (Å²) in [4.78, 5) is 0. The fraction of sp³-hybridized carbons (Fsp3) is 0.786. The molecule has 110 valence electrons. The average Bonchev–Trinajstić information content (AvgIpc) is 2.67. The SMILES string of the molecule is COCCOCCn1ncc(CNC(C)(C)C)c1C. The van der Waals surface area contributed by atoms with Crippen molar-refractivity contribution in [1.29, 1.82) is 0 Å². The Bertz CT molecular complexity index is 369. The predicted octanol–water partition coefficient (Wildman–Crippen LogP) is 1.74. The van der Waals surface area contributed by atoms with E-state index in [-0.39, 0.29) is 5.54 Å². The maximum absolute atomic E-state index is 5.46. The Morgan fingerprint density at radius 3 is 2.63 bits per heavy atom. The molecule has 0 aliphatic heterocycles. The van der Waals surface area contributed by atoms with Crippen LogP contribution in [0.1, 0.15) is 32.0 Å². The summed E-state index contributed by atoms with van der Waals surface area (Å²) >= 11 is 0. The Labute approximate surface area is 116 Å². The fourth-order valence-electron chi connectivity index (χ4n) is 1.64. The molecule has 1 heterocycles. The number of hydrogen-bond donors (Lipinski definition) is 1. The number of ether oxygens (including phenoxy) is 2. The van der Waals surface area contributed by atoms with Crippen molar-refractivity contribution in [3.8, 4) is 0 Å². The summed E-state index contributed by atoms with van der Waals surface area (Å²) in [6.45, 7) is 12.2. The molecule has 0 radical (unpaired) electrons. The summed E-state index contributed by atoms with van der Waals surface area (Å²) in [5, 5.41) is 7.87. The Hall–Kier alpha value is -0.910. The van der Waals surface area contributed by atoms with Crippen LogP contribution in [0.5, 0.6) is 0 Å². The van der Waals surface area contributed by atoms with Crippen molar-refractivity contribution in [2.75, 3.05) is 26.9 Å². The molecular weight excluding hydrogens is 242 g/mol. The lowest BCUT2D eigenvalue weighted by atomic mass is 10.1. The standard InChI is InChI=1S/C14H27N3O2/c1-12-13(10-15-14(2,3)4)11-16-17(12)6-7-19-9-8-18-5/h11,15H,6-10H2,1-5H3. The average molecular weight is 269 g/mol. The van der Waals surface area contributed by atoms with Crippen molar-refractivity contribution < 1.29 is 9.47 Å². The number of nitrogens with zero attached hydrogens (tertiary/aromatic N) is 2. The highest BCUT2D eigenvalue weighted by atomic mass is 16.5. The first-order chi connectivity index (χ1) is 8.94. The molecule has 5 heteroatoms. The van der Waals surface area contributed by atoms with Gasteiger partial charge in [0, 0.05) is 30.5 Å². The number of nitrogens with one attached hydrogen (secondary N) is 1. The Kier molecular flexibility index (Phi) is 6.48. The van der Waals surface area contributed by atoms with Gasteiger partial charge in [-0.3, -0.25) is 4.68 Å². The number of hydrogen-bond acceptors (Lipinski definition) is 4. The lowest BCUT2D eigenvalue weighted by Gasteiger charge is -2.20. The third-order valence-corrected chi connectivity index (χ3v) is 2.89. The van der Waals surface area contributed by atoms with Crippen molar-refractivity contribution in [2.45, 2.75) is 46.3 Å². The fourth-order valence-corrected chi connectivity index (χ4v) is 1.64. The Morgan fingerprint density at radius 1 is 1.26 bits per heavy atom. The van der Waals surface area contributed by atoms with Crippen LogP contribution in [0.3, 0.4) is 0 Å². The highest BCUT2D eigenvalue weighted by molar-refractivity contribution is 5.16. The minimum Gasteiger partial charge on any atom is -0.382 e. The second kappa shape index (κ2) is 7.62.